The normalized spacial score (nSPS) is 28.7. The molecule has 2 amide bonds. The van der Waals surface area contributed by atoms with E-state index in [0.29, 0.717) is 24.6 Å². The molecule has 5 nitrogen and oxygen atoms in total. The van der Waals surface area contributed by atoms with E-state index in [2.05, 4.69) is 13.8 Å². The van der Waals surface area contributed by atoms with E-state index in [1.165, 1.54) is 0 Å². The molecule has 0 bridgehead atoms. The summed E-state index contributed by atoms with van der Waals surface area (Å²) in [6.45, 7) is 5.37. The van der Waals surface area contributed by atoms with Crippen LogP contribution in [0.4, 0.5) is 0 Å². The SMILES string of the molecule is CC1(C)C[C@]2(C(N)=O)CN(C(=O)c3cc(C4CC4)nc4ccccc34)C[C@H]12. The van der Waals surface area contributed by atoms with Crippen LogP contribution >= 0.6 is 0 Å². The number of rotatable bonds is 3. The fourth-order valence-electron chi connectivity index (χ4n) is 5.51. The number of pyridine rings is 1. The summed E-state index contributed by atoms with van der Waals surface area (Å²) in [5.74, 6) is 0.357. The van der Waals surface area contributed by atoms with Crippen molar-refractivity contribution in [2.75, 3.05) is 13.1 Å². The van der Waals surface area contributed by atoms with E-state index in [1.54, 1.807) is 0 Å². The van der Waals surface area contributed by atoms with Gasteiger partial charge in [-0.25, -0.2) is 0 Å². The molecule has 2 aliphatic carbocycles. The minimum Gasteiger partial charge on any atom is -0.369 e. The van der Waals surface area contributed by atoms with Gasteiger partial charge >= 0.3 is 0 Å². The number of aromatic nitrogens is 1. The van der Waals surface area contributed by atoms with Crippen LogP contribution in [0.1, 0.15) is 55.1 Å². The van der Waals surface area contributed by atoms with Gasteiger partial charge in [0, 0.05) is 30.1 Å². The van der Waals surface area contributed by atoms with Gasteiger partial charge in [-0.15, -0.1) is 0 Å². The van der Waals surface area contributed by atoms with E-state index in [4.69, 9.17) is 10.7 Å². The molecule has 27 heavy (non-hydrogen) atoms. The molecule has 2 heterocycles. The fourth-order valence-corrected chi connectivity index (χ4v) is 5.51. The number of para-hydroxylation sites is 1. The zero-order chi connectivity index (χ0) is 19.0. The third-order valence-electron chi connectivity index (χ3n) is 7.00. The van der Waals surface area contributed by atoms with Crippen LogP contribution in [-0.2, 0) is 4.79 Å². The summed E-state index contributed by atoms with van der Waals surface area (Å²) in [5, 5.41) is 0.888. The molecule has 0 radical (unpaired) electrons. The second kappa shape index (κ2) is 5.31. The molecule has 140 valence electrons. The van der Waals surface area contributed by atoms with Crippen LogP contribution in [0.2, 0.25) is 0 Å². The van der Waals surface area contributed by atoms with Crippen molar-refractivity contribution in [2.24, 2.45) is 22.5 Å². The van der Waals surface area contributed by atoms with Crippen LogP contribution in [0.3, 0.4) is 0 Å². The van der Waals surface area contributed by atoms with Gasteiger partial charge in [0.2, 0.25) is 5.91 Å². The van der Waals surface area contributed by atoms with Crippen molar-refractivity contribution in [3.8, 4) is 0 Å². The number of amides is 2. The first-order chi connectivity index (χ1) is 12.8. The summed E-state index contributed by atoms with van der Waals surface area (Å²) in [6, 6.07) is 9.81. The molecule has 5 rings (SSSR count). The first kappa shape index (κ1) is 16.7. The van der Waals surface area contributed by atoms with E-state index in [0.717, 1.165) is 35.9 Å². The third-order valence-corrected chi connectivity index (χ3v) is 7.00. The standard InChI is InChI=1S/C22H25N3O2/c1-21(2)11-22(20(23)27)12-25(10-18(21)22)19(26)15-9-17(13-7-8-13)24-16-6-4-3-5-14(15)16/h3-6,9,13,18H,7-8,10-12H2,1-2H3,(H2,23,27)/t18-,22+/m1/s1. The molecule has 0 unspecified atom stereocenters. The maximum Gasteiger partial charge on any atom is 0.254 e. The molecule has 2 saturated carbocycles. The number of fused-ring (bicyclic) bond motifs is 2. The lowest BCUT2D eigenvalue weighted by Crippen LogP contribution is -2.59. The predicted octanol–water partition coefficient (Wildman–Crippen LogP) is 3.09. The molecule has 1 saturated heterocycles. The second-order valence-corrected chi connectivity index (χ2v) is 9.31. The van der Waals surface area contributed by atoms with Crippen molar-refractivity contribution in [1.82, 2.24) is 9.88 Å². The van der Waals surface area contributed by atoms with Crippen molar-refractivity contribution in [2.45, 2.75) is 39.0 Å². The molecule has 5 heteroatoms. The van der Waals surface area contributed by atoms with Gasteiger partial charge in [-0.2, -0.15) is 0 Å². The van der Waals surface area contributed by atoms with Gasteiger partial charge < -0.3 is 10.6 Å². The highest BCUT2D eigenvalue weighted by Crippen LogP contribution is 2.62. The Labute approximate surface area is 158 Å². The van der Waals surface area contributed by atoms with Crippen LogP contribution in [0, 0.1) is 16.7 Å². The van der Waals surface area contributed by atoms with Crippen molar-refractivity contribution in [3.63, 3.8) is 0 Å². The maximum atomic E-state index is 13.5. The molecule has 3 fully saturated rings. The van der Waals surface area contributed by atoms with Crippen LogP contribution in [0.5, 0.6) is 0 Å². The highest BCUT2D eigenvalue weighted by molar-refractivity contribution is 6.06. The van der Waals surface area contributed by atoms with Crippen LogP contribution in [-0.4, -0.2) is 34.8 Å². The number of hydrogen-bond donors (Lipinski definition) is 1. The summed E-state index contributed by atoms with van der Waals surface area (Å²) in [5.41, 5.74) is 7.86. The molecular formula is C22H25N3O2. The Balaban J connectivity index is 1.54. The number of benzene rings is 1. The number of likely N-dealkylation sites (tertiary alicyclic amines) is 1. The second-order valence-electron chi connectivity index (χ2n) is 9.31. The Kier molecular flexibility index (Phi) is 3.29. The zero-order valence-electron chi connectivity index (χ0n) is 15.9. The Morgan fingerprint density at radius 1 is 1.22 bits per heavy atom. The lowest BCUT2D eigenvalue weighted by atomic mass is 9.48. The highest BCUT2D eigenvalue weighted by atomic mass is 16.2. The van der Waals surface area contributed by atoms with Crippen molar-refractivity contribution >= 4 is 22.7 Å². The third kappa shape index (κ3) is 2.33. The monoisotopic (exact) mass is 363 g/mol. The van der Waals surface area contributed by atoms with Gasteiger partial charge in [0.15, 0.2) is 0 Å². The topological polar surface area (TPSA) is 76.3 Å². The average molecular weight is 363 g/mol. The first-order valence-corrected chi connectivity index (χ1v) is 9.81. The predicted molar refractivity (Wildman–Crippen MR) is 103 cm³/mol. The maximum absolute atomic E-state index is 13.5. The minimum atomic E-state index is -0.554. The Morgan fingerprint density at radius 3 is 2.59 bits per heavy atom. The number of nitrogens with two attached hydrogens (primary N) is 1. The number of carbonyl (C=O) groups excluding carboxylic acids is 2. The lowest BCUT2D eigenvalue weighted by molar-refractivity contribution is -0.148. The molecule has 2 N–H and O–H groups in total. The van der Waals surface area contributed by atoms with Gasteiger partial charge in [-0.05, 0) is 42.7 Å². The van der Waals surface area contributed by atoms with Gasteiger partial charge in [0.1, 0.15) is 0 Å². The quantitative estimate of drug-likeness (QED) is 0.910. The van der Waals surface area contributed by atoms with Crippen LogP contribution in [0.15, 0.2) is 30.3 Å². The van der Waals surface area contributed by atoms with Gasteiger partial charge in [-0.3, -0.25) is 14.6 Å². The number of primary amides is 1. The highest BCUT2D eigenvalue weighted by Gasteiger charge is 2.66. The Hall–Kier alpha value is -2.43. The van der Waals surface area contributed by atoms with Crippen molar-refractivity contribution in [3.05, 3.63) is 41.6 Å². The smallest absolute Gasteiger partial charge is 0.254 e. The Bertz CT molecular complexity index is 979. The van der Waals surface area contributed by atoms with E-state index < -0.39 is 5.41 Å². The van der Waals surface area contributed by atoms with Crippen LogP contribution in [0.25, 0.3) is 10.9 Å². The molecule has 1 aromatic carbocycles. The number of carbonyl (C=O) groups is 2. The summed E-state index contributed by atoms with van der Waals surface area (Å²) in [7, 11) is 0. The molecule has 1 aromatic heterocycles. The molecular weight excluding hydrogens is 338 g/mol. The molecule has 3 aliphatic rings. The lowest BCUT2D eigenvalue weighted by Gasteiger charge is -2.54. The largest absolute Gasteiger partial charge is 0.369 e. The molecule has 0 spiro atoms. The minimum absolute atomic E-state index is 0.00123. The van der Waals surface area contributed by atoms with Crippen molar-refractivity contribution < 1.29 is 9.59 Å². The Morgan fingerprint density at radius 2 is 1.96 bits per heavy atom. The zero-order valence-corrected chi connectivity index (χ0v) is 15.9. The van der Waals surface area contributed by atoms with E-state index in [9.17, 15) is 9.59 Å². The van der Waals surface area contributed by atoms with E-state index >= 15 is 0 Å². The van der Waals surface area contributed by atoms with Gasteiger partial charge in [0.25, 0.3) is 5.91 Å². The van der Waals surface area contributed by atoms with E-state index in [-0.39, 0.29) is 23.1 Å². The van der Waals surface area contributed by atoms with Crippen molar-refractivity contribution in [1.29, 1.82) is 0 Å². The van der Waals surface area contributed by atoms with E-state index in [1.807, 2.05) is 35.2 Å². The summed E-state index contributed by atoms with van der Waals surface area (Å²) < 4.78 is 0. The summed E-state index contributed by atoms with van der Waals surface area (Å²) in [4.78, 5) is 32.3. The summed E-state index contributed by atoms with van der Waals surface area (Å²) >= 11 is 0. The molecule has 1 aliphatic heterocycles. The van der Waals surface area contributed by atoms with Gasteiger partial charge in [0.05, 0.1) is 16.5 Å². The fraction of sp³-hybridized carbons (Fsp3) is 0.500. The number of hydrogen-bond acceptors (Lipinski definition) is 3. The summed E-state index contributed by atoms with van der Waals surface area (Å²) in [6.07, 6.45) is 3.04. The first-order valence-electron chi connectivity index (χ1n) is 9.81. The number of nitrogens with zero attached hydrogens (tertiary/aromatic N) is 2. The average Bonchev–Trinajstić information content (AvgIpc) is 3.42. The molecule has 2 atom stereocenters. The van der Waals surface area contributed by atoms with Gasteiger partial charge in [-0.1, -0.05) is 32.0 Å². The van der Waals surface area contributed by atoms with Crippen LogP contribution < -0.4 is 5.73 Å². The molecule has 2 aromatic rings.